The molecule has 0 unspecified atom stereocenters. The third-order valence-electron chi connectivity index (χ3n) is 3.90. The molecule has 0 heterocycles. The van der Waals surface area contributed by atoms with E-state index in [1.54, 1.807) is 12.1 Å². The molecule has 88 valence electrons. The Morgan fingerprint density at radius 1 is 1.29 bits per heavy atom. The maximum Gasteiger partial charge on any atom is 0.139 e. The fraction of sp³-hybridized carbons (Fsp3) is 0.357. The van der Waals surface area contributed by atoms with Crippen LogP contribution in [0.3, 0.4) is 0 Å². The molecule has 1 fully saturated rings. The highest BCUT2D eigenvalue weighted by molar-refractivity contribution is 5.93. The monoisotopic (exact) mass is 232 g/mol. The second-order valence-electron chi connectivity index (χ2n) is 4.80. The summed E-state index contributed by atoms with van der Waals surface area (Å²) in [7, 11) is 0. The molecule has 3 heteroatoms. The van der Waals surface area contributed by atoms with Gasteiger partial charge in [-0.3, -0.25) is 4.79 Å². The van der Waals surface area contributed by atoms with Crippen LogP contribution < -0.4 is 0 Å². The van der Waals surface area contributed by atoms with Crippen molar-refractivity contribution in [1.82, 2.24) is 0 Å². The third kappa shape index (κ3) is 1.46. The van der Waals surface area contributed by atoms with Crippen LogP contribution in [0, 0.1) is 11.7 Å². The van der Waals surface area contributed by atoms with Crippen molar-refractivity contribution in [3.05, 3.63) is 41.7 Å². The summed E-state index contributed by atoms with van der Waals surface area (Å²) in [6, 6.07) is 6.07. The van der Waals surface area contributed by atoms with Crippen molar-refractivity contribution in [2.45, 2.75) is 24.9 Å². The molecule has 2 atom stereocenters. The van der Waals surface area contributed by atoms with Gasteiger partial charge in [-0.05, 0) is 36.1 Å². The number of carbonyl (C=O) groups excluding carboxylic acids is 1. The van der Waals surface area contributed by atoms with Gasteiger partial charge < -0.3 is 5.11 Å². The smallest absolute Gasteiger partial charge is 0.139 e. The second-order valence-corrected chi connectivity index (χ2v) is 4.80. The van der Waals surface area contributed by atoms with E-state index in [4.69, 9.17) is 0 Å². The molecule has 0 aliphatic heterocycles. The van der Waals surface area contributed by atoms with Crippen molar-refractivity contribution >= 4 is 11.4 Å². The van der Waals surface area contributed by atoms with Crippen molar-refractivity contribution in [3.63, 3.8) is 0 Å². The molecule has 0 saturated heterocycles. The Kier molecular flexibility index (Phi) is 2.20. The zero-order valence-electron chi connectivity index (χ0n) is 9.32. The summed E-state index contributed by atoms with van der Waals surface area (Å²) in [5, 5.41) is 10.6. The number of benzene rings is 1. The predicted octanol–water partition coefficient (Wildman–Crippen LogP) is 2.32. The van der Waals surface area contributed by atoms with Gasteiger partial charge in [0, 0.05) is 6.42 Å². The fourth-order valence-electron chi connectivity index (χ4n) is 2.99. The minimum Gasteiger partial charge on any atom is -0.384 e. The highest BCUT2D eigenvalue weighted by Gasteiger charge is 2.51. The van der Waals surface area contributed by atoms with Crippen LogP contribution in [0.2, 0.25) is 0 Å². The topological polar surface area (TPSA) is 37.3 Å². The van der Waals surface area contributed by atoms with Crippen molar-refractivity contribution in [1.29, 1.82) is 0 Å². The molecule has 0 radical (unpaired) electrons. The van der Waals surface area contributed by atoms with E-state index in [2.05, 4.69) is 0 Å². The molecule has 2 aliphatic rings. The largest absolute Gasteiger partial charge is 0.384 e. The standard InChI is InChI=1S/C14H13FO2/c15-10-3-1-9(2-4-10)11-5-6-12-13(16)7-8-14(11,12)17/h1-5,12,17H,6-8H2/t12-,14-/m1/s1. The molecule has 1 N–H and O–H groups in total. The highest BCUT2D eigenvalue weighted by Crippen LogP contribution is 2.49. The van der Waals surface area contributed by atoms with Crippen LogP contribution in [0.1, 0.15) is 24.8 Å². The van der Waals surface area contributed by atoms with E-state index >= 15 is 0 Å². The van der Waals surface area contributed by atoms with E-state index < -0.39 is 5.60 Å². The van der Waals surface area contributed by atoms with Crippen molar-refractivity contribution in [3.8, 4) is 0 Å². The maximum atomic E-state index is 12.9. The second kappa shape index (κ2) is 3.50. The molecule has 17 heavy (non-hydrogen) atoms. The van der Waals surface area contributed by atoms with Gasteiger partial charge in [0.25, 0.3) is 0 Å². The lowest BCUT2D eigenvalue weighted by molar-refractivity contribution is -0.122. The van der Waals surface area contributed by atoms with Gasteiger partial charge in [-0.25, -0.2) is 4.39 Å². The summed E-state index contributed by atoms with van der Waals surface area (Å²) < 4.78 is 12.9. The molecular weight excluding hydrogens is 219 g/mol. The van der Waals surface area contributed by atoms with Gasteiger partial charge in [0.15, 0.2) is 0 Å². The van der Waals surface area contributed by atoms with Crippen LogP contribution in [0.4, 0.5) is 4.39 Å². The van der Waals surface area contributed by atoms with Crippen LogP contribution in [0.25, 0.3) is 5.57 Å². The van der Waals surface area contributed by atoms with Gasteiger partial charge in [0.2, 0.25) is 0 Å². The number of aliphatic hydroxyl groups is 1. The summed E-state index contributed by atoms with van der Waals surface area (Å²) in [4.78, 5) is 11.6. The summed E-state index contributed by atoms with van der Waals surface area (Å²) >= 11 is 0. The lowest BCUT2D eigenvalue weighted by Crippen LogP contribution is -2.32. The first kappa shape index (κ1) is 10.7. The first-order valence-electron chi connectivity index (χ1n) is 5.83. The molecule has 0 bridgehead atoms. The molecule has 2 aliphatic carbocycles. The number of allylic oxidation sites excluding steroid dienone is 1. The van der Waals surface area contributed by atoms with Gasteiger partial charge in [0.1, 0.15) is 17.2 Å². The van der Waals surface area contributed by atoms with E-state index in [1.165, 1.54) is 12.1 Å². The first-order chi connectivity index (χ1) is 8.11. The molecular formula is C14H13FO2. The van der Waals surface area contributed by atoms with Gasteiger partial charge >= 0.3 is 0 Å². The molecule has 1 aromatic carbocycles. The number of hydrogen-bond acceptors (Lipinski definition) is 2. The van der Waals surface area contributed by atoms with E-state index in [-0.39, 0.29) is 17.5 Å². The highest BCUT2D eigenvalue weighted by atomic mass is 19.1. The van der Waals surface area contributed by atoms with E-state index in [9.17, 15) is 14.3 Å². The number of Topliss-reactive ketones (excluding diaryl/α,β-unsaturated/α-hetero) is 1. The minimum atomic E-state index is -1.02. The Bertz CT molecular complexity index is 503. The Morgan fingerprint density at radius 3 is 2.71 bits per heavy atom. The molecule has 0 aromatic heterocycles. The summed E-state index contributed by atoms with van der Waals surface area (Å²) in [5.41, 5.74) is 0.578. The van der Waals surface area contributed by atoms with Gasteiger partial charge in [-0.15, -0.1) is 0 Å². The Balaban J connectivity index is 2.00. The predicted molar refractivity (Wildman–Crippen MR) is 61.7 cm³/mol. The van der Waals surface area contributed by atoms with Crippen LogP contribution in [-0.2, 0) is 4.79 Å². The summed E-state index contributed by atoms with van der Waals surface area (Å²) in [5.74, 6) is -0.443. The molecule has 0 amide bonds. The van der Waals surface area contributed by atoms with E-state index in [0.29, 0.717) is 19.3 Å². The zero-order chi connectivity index (χ0) is 12.0. The number of halogens is 1. The quantitative estimate of drug-likeness (QED) is 0.806. The maximum absolute atomic E-state index is 12.9. The molecule has 1 saturated carbocycles. The first-order valence-corrected chi connectivity index (χ1v) is 5.83. The lowest BCUT2D eigenvalue weighted by Gasteiger charge is -2.26. The van der Waals surface area contributed by atoms with Crippen LogP contribution in [-0.4, -0.2) is 16.5 Å². The number of carbonyl (C=O) groups is 1. The summed E-state index contributed by atoms with van der Waals surface area (Å²) in [6.45, 7) is 0. The summed E-state index contributed by atoms with van der Waals surface area (Å²) in [6.07, 6.45) is 3.44. The normalized spacial score (nSPS) is 31.5. The van der Waals surface area contributed by atoms with Crippen molar-refractivity contribution in [2.24, 2.45) is 5.92 Å². The number of ketones is 1. The van der Waals surface area contributed by atoms with Crippen LogP contribution >= 0.6 is 0 Å². The lowest BCUT2D eigenvalue weighted by atomic mass is 9.85. The Hall–Kier alpha value is -1.48. The van der Waals surface area contributed by atoms with Gasteiger partial charge in [0.05, 0.1) is 5.92 Å². The van der Waals surface area contributed by atoms with E-state index in [1.807, 2.05) is 6.08 Å². The average molecular weight is 232 g/mol. The fourth-order valence-corrected chi connectivity index (χ4v) is 2.99. The number of rotatable bonds is 1. The Morgan fingerprint density at radius 2 is 2.00 bits per heavy atom. The third-order valence-corrected chi connectivity index (χ3v) is 3.90. The van der Waals surface area contributed by atoms with Crippen LogP contribution in [0.5, 0.6) is 0 Å². The Labute approximate surface area is 98.8 Å². The number of fused-ring (bicyclic) bond motifs is 1. The zero-order valence-corrected chi connectivity index (χ0v) is 9.32. The van der Waals surface area contributed by atoms with Gasteiger partial charge in [-0.1, -0.05) is 18.2 Å². The molecule has 2 nitrogen and oxygen atoms in total. The minimum absolute atomic E-state index is 0.140. The molecule has 0 spiro atoms. The number of hydrogen-bond donors (Lipinski definition) is 1. The average Bonchev–Trinajstić information content (AvgIpc) is 2.78. The van der Waals surface area contributed by atoms with Gasteiger partial charge in [-0.2, -0.15) is 0 Å². The molecule has 1 aromatic rings. The van der Waals surface area contributed by atoms with Crippen LogP contribution in [0.15, 0.2) is 30.3 Å². The van der Waals surface area contributed by atoms with Crippen molar-refractivity contribution in [2.75, 3.05) is 0 Å². The molecule has 3 rings (SSSR count). The van der Waals surface area contributed by atoms with E-state index in [0.717, 1.165) is 11.1 Å². The van der Waals surface area contributed by atoms with Crippen molar-refractivity contribution < 1.29 is 14.3 Å². The SMILES string of the molecule is O=C1CC[C@@]2(O)C(c3ccc(F)cc3)=CC[C@H]12.